The SMILES string of the molecule is C/C1=C/[C@@H](C)[C@@H]([C@H](C)COCc2ccccc2)O[C@@H](CO)[C@H](O)C1. The van der Waals surface area contributed by atoms with Crippen molar-refractivity contribution in [1.29, 1.82) is 0 Å². The van der Waals surface area contributed by atoms with E-state index < -0.39 is 12.2 Å². The van der Waals surface area contributed by atoms with Gasteiger partial charge in [-0.25, -0.2) is 0 Å². The number of hydrogen-bond donors (Lipinski definition) is 2. The molecule has 0 unspecified atom stereocenters. The van der Waals surface area contributed by atoms with Gasteiger partial charge in [0.05, 0.1) is 32.0 Å². The lowest BCUT2D eigenvalue weighted by molar-refractivity contribution is -0.133. The van der Waals surface area contributed by atoms with E-state index in [1.807, 2.05) is 37.3 Å². The van der Waals surface area contributed by atoms with Crippen molar-refractivity contribution >= 4 is 0 Å². The van der Waals surface area contributed by atoms with Gasteiger partial charge in [-0.1, -0.05) is 55.8 Å². The summed E-state index contributed by atoms with van der Waals surface area (Å²) in [6.07, 6.45) is 1.40. The summed E-state index contributed by atoms with van der Waals surface area (Å²) in [5.74, 6) is 0.369. The molecule has 1 aromatic rings. The van der Waals surface area contributed by atoms with Crippen LogP contribution in [0.4, 0.5) is 0 Å². The molecule has 134 valence electrons. The predicted octanol–water partition coefficient (Wildman–Crippen LogP) is 2.93. The van der Waals surface area contributed by atoms with E-state index in [4.69, 9.17) is 9.47 Å². The summed E-state index contributed by atoms with van der Waals surface area (Å²) in [5, 5.41) is 19.7. The van der Waals surface area contributed by atoms with Crippen LogP contribution in [0.25, 0.3) is 0 Å². The van der Waals surface area contributed by atoms with Crippen molar-refractivity contribution in [1.82, 2.24) is 0 Å². The van der Waals surface area contributed by atoms with Crippen LogP contribution in [0, 0.1) is 11.8 Å². The van der Waals surface area contributed by atoms with Crippen LogP contribution in [0.3, 0.4) is 0 Å². The summed E-state index contributed by atoms with van der Waals surface area (Å²) in [6.45, 7) is 7.21. The first-order chi connectivity index (χ1) is 11.5. The van der Waals surface area contributed by atoms with Gasteiger partial charge in [0, 0.05) is 11.8 Å². The van der Waals surface area contributed by atoms with Gasteiger partial charge in [-0.15, -0.1) is 0 Å². The molecule has 0 amide bonds. The van der Waals surface area contributed by atoms with Gasteiger partial charge in [-0.05, 0) is 18.9 Å². The highest BCUT2D eigenvalue weighted by Crippen LogP contribution is 2.27. The maximum atomic E-state index is 10.2. The Hall–Kier alpha value is -1.20. The zero-order valence-electron chi connectivity index (χ0n) is 14.9. The van der Waals surface area contributed by atoms with Crippen molar-refractivity contribution < 1.29 is 19.7 Å². The first kappa shape index (κ1) is 19.1. The summed E-state index contributed by atoms with van der Waals surface area (Å²) < 4.78 is 11.9. The molecule has 0 aliphatic carbocycles. The van der Waals surface area contributed by atoms with Crippen molar-refractivity contribution in [2.75, 3.05) is 13.2 Å². The Bertz CT molecular complexity index is 514. The van der Waals surface area contributed by atoms with E-state index in [1.165, 1.54) is 0 Å². The van der Waals surface area contributed by atoms with Crippen LogP contribution in [-0.2, 0) is 16.1 Å². The Labute approximate surface area is 145 Å². The molecule has 1 aliphatic rings. The van der Waals surface area contributed by atoms with Gasteiger partial charge >= 0.3 is 0 Å². The number of hydrogen-bond acceptors (Lipinski definition) is 4. The molecule has 0 fully saturated rings. The van der Waals surface area contributed by atoms with E-state index in [9.17, 15) is 10.2 Å². The highest BCUT2D eigenvalue weighted by molar-refractivity contribution is 5.13. The average molecular weight is 334 g/mol. The second-order valence-corrected chi connectivity index (χ2v) is 6.94. The number of benzene rings is 1. The Morgan fingerprint density at radius 1 is 1.29 bits per heavy atom. The van der Waals surface area contributed by atoms with Gasteiger partial charge in [-0.2, -0.15) is 0 Å². The largest absolute Gasteiger partial charge is 0.394 e. The molecule has 0 saturated heterocycles. The van der Waals surface area contributed by atoms with Crippen LogP contribution in [0.2, 0.25) is 0 Å². The molecular formula is C20H30O4. The zero-order chi connectivity index (χ0) is 17.5. The minimum atomic E-state index is -0.668. The highest BCUT2D eigenvalue weighted by atomic mass is 16.5. The average Bonchev–Trinajstić information content (AvgIpc) is 2.55. The molecule has 2 rings (SSSR count). The normalized spacial score (nSPS) is 31.6. The van der Waals surface area contributed by atoms with Crippen molar-refractivity contribution in [3.05, 3.63) is 47.5 Å². The molecule has 1 heterocycles. The number of rotatable bonds is 6. The van der Waals surface area contributed by atoms with Crippen LogP contribution in [0.1, 0.15) is 32.8 Å². The fourth-order valence-corrected chi connectivity index (χ4v) is 3.34. The van der Waals surface area contributed by atoms with E-state index in [2.05, 4.69) is 19.9 Å². The molecule has 4 nitrogen and oxygen atoms in total. The van der Waals surface area contributed by atoms with Crippen LogP contribution in [0.15, 0.2) is 42.0 Å². The molecule has 0 radical (unpaired) electrons. The molecule has 0 bridgehead atoms. The quantitative estimate of drug-likeness (QED) is 0.785. The first-order valence-electron chi connectivity index (χ1n) is 8.74. The van der Waals surface area contributed by atoms with Crippen LogP contribution in [-0.4, -0.2) is 41.7 Å². The van der Waals surface area contributed by atoms with Gasteiger partial charge in [-0.3, -0.25) is 0 Å². The Kier molecular flexibility index (Phi) is 7.43. The molecular weight excluding hydrogens is 304 g/mol. The second-order valence-electron chi connectivity index (χ2n) is 6.94. The van der Waals surface area contributed by atoms with Crippen molar-refractivity contribution in [2.24, 2.45) is 11.8 Å². The zero-order valence-corrected chi connectivity index (χ0v) is 14.9. The van der Waals surface area contributed by atoms with E-state index in [1.54, 1.807) is 0 Å². The Balaban J connectivity index is 1.96. The summed E-state index contributed by atoms with van der Waals surface area (Å²) in [4.78, 5) is 0. The van der Waals surface area contributed by atoms with Gasteiger partial charge in [0.1, 0.15) is 6.10 Å². The molecule has 4 heteroatoms. The third-order valence-electron chi connectivity index (χ3n) is 4.59. The maximum Gasteiger partial charge on any atom is 0.107 e. The molecule has 5 atom stereocenters. The van der Waals surface area contributed by atoms with Crippen molar-refractivity contribution in [3.8, 4) is 0 Å². The number of ether oxygens (including phenoxy) is 2. The van der Waals surface area contributed by atoms with Crippen LogP contribution >= 0.6 is 0 Å². The van der Waals surface area contributed by atoms with Crippen LogP contribution in [0.5, 0.6) is 0 Å². The van der Waals surface area contributed by atoms with Crippen molar-refractivity contribution in [2.45, 2.75) is 52.1 Å². The third kappa shape index (κ3) is 5.42. The van der Waals surface area contributed by atoms with E-state index in [-0.39, 0.29) is 24.5 Å². The van der Waals surface area contributed by atoms with E-state index in [0.29, 0.717) is 19.6 Å². The topological polar surface area (TPSA) is 58.9 Å². The number of aliphatic hydroxyl groups is 2. The summed E-state index contributed by atoms with van der Waals surface area (Å²) in [7, 11) is 0. The monoisotopic (exact) mass is 334 g/mol. The Morgan fingerprint density at radius 2 is 2.00 bits per heavy atom. The molecule has 1 aromatic carbocycles. The lowest BCUT2D eigenvalue weighted by Crippen LogP contribution is -2.42. The van der Waals surface area contributed by atoms with E-state index >= 15 is 0 Å². The molecule has 0 spiro atoms. The van der Waals surface area contributed by atoms with Crippen molar-refractivity contribution in [3.63, 3.8) is 0 Å². The fourth-order valence-electron chi connectivity index (χ4n) is 3.34. The number of aliphatic hydroxyl groups excluding tert-OH is 2. The van der Waals surface area contributed by atoms with Crippen LogP contribution < -0.4 is 0 Å². The lowest BCUT2D eigenvalue weighted by Gasteiger charge is -2.35. The minimum Gasteiger partial charge on any atom is -0.394 e. The Morgan fingerprint density at radius 3 is 2.67 bits per heavy atom. The molecule has 1 aliphatic heterocycles. The smallest absolute Gasteiger partial charge is 0.107 e. The summed E-state index contributed by atoms with van der Waals surface area (Å²) >= 11 is 0. The van der Waals surface area contributed by atoms with Gasteiger partial charge < -0.3 is 19.7 Å². The molecule has 24 heavy (non-hydrogen) atoms. The maximum absolute atomic E-state index is 10.2. The standard InChI is InChI=1S/C20H30O4/c1-14-9-15(2)20(24-19(11-21)18(22)10-14)16(3)12-23-13-17-7-5-4-6-8-17/h4-9,15-16,18-22H,10-13H2,1-3H3/b14-9-/t15-,16-,18-,19+,20+/m1/s1. The minimum absolute atomic E-state index is 0.0946. The molecule has 2 N–H and O–H groups in total. The second kappa shape index (κ2) is 9.33. The van der Waals surface area contributed by atoms with E-state index in [0.717, 1.165) is 11.1 Å². The molecule has 0 aromatic heterocycles. The first-order valence-corrected chi connectivity index (χ1v) is 8.74. The third-order valence-corrected chi connectivity index (χ3v) is 4.59. The summed E-state index contributed by atoms with van der Waals surface area (Å²) in [6, 6.07) is 10.1. The van der Waals surface area contributed by atoms with Gasteiger partial charge in [0.25, 0.3) is 0 Å². The van der Waals surface area contributed by atoms with Gasteiger partial charge in [0.15, 0.2) is 0 Å². The lowest BCUT2D eigenvalue weighted by atomic mass is 9.89. The predicted molar refractivity (Wildman–Crippen MR) is 94.6 cm³/mol. The highest BCUT2D eigenvalue weighted by Gasteiger charge is 2.32. The fraction of sp³-hybridized carbons (Fsp3) is 0.600. The van der Waals surface area contributed by atoms with Gasteiger partial charge in [0.2, 0.25) is 0 Å². The summed E-state index contributed by atoms with van der Waals surface area (Å²) in [5.41, 5.74) is 2.29. The molecule has 0 saturated carbocycles.